The highest BCUT2D eigenvalue weighted by Crippen LogP contribution is 2.11. The van der Waals surface area contributed by atoms with Crippen LogP contribution in [0.4, 0.5) is 0 Å². The van der Waals surface area contributed by atoms with E-state index in [-0.39, 0.29) is 11.9 Å². The predicted molar refractivity (Wildman–Crippen MR) is 55.8 cm³/mol. The van der Waals surface area contributed by atoms with Gasteiger partial charge in [0.15, 0.2) is 0 Å². The number of rotatable bonds is 3. The number of hydrogen-bond acceptors (Lipinski definition) is 2. The summed E-state index contributed by atoms with van der Waals surface area (Å²) in [6.45, 7) is 7.54. The van der Waals surface area contributed by atoms with Crippen LogP contribution < -0.4 is 0 Å². The van der Waals surface area contributed by atoms with Gasteiger partial charge in [-0.05, 0) is 12.1 Å². The molecule has 0 saturated carbocycles. The van der Waals surface area contributed by atoms with Gasteiger partial charge in [-0.3, -0.25) is 0 Å². The van der Waals surface area contributed by atoms with E-state index in [0.29, 0.717) is 11.3 Å². The molecule has 0 heterocycles. The molecular weight excluding hydrogens is 176 g/mol. The monoisotopic (exact) mass is 190 g/mol. The van der Waals surface area contributed by atoms with Gasteiger partial charge in [-0.2, -0.15) is 0 Å². The molecule has 0 fully saturated rings. The van der Waals surface area contributed by atoms with Gasteiger partial charge in [0.25, 0.3) is 0 Å². The molecule has 0 spiro atoms. The lowest BCUT2D eigenvalue weighted by atomic mass is 10.2. The number of esters is 1. The van der Waals surface area contributed by atoms with Crippen LogP contribution in [-0.2, 0) is 4.74 Å². The average Bonchev–Trinajstić information content (AvgIpc) is 2.19. The minimum Gasteiger partial charge on any atom is -0.428 e. The van der Waals surface area contributed by atoms with Crippen molar-refractivity contribution in [3.8, 4) is 0 Å². The Morgan fingerprint density at radius 2 is 1.86 bits per heavy atom. The van der Waals surface area contributed by atoms with Crippen LogP contribution in [0.2, 0.25) is 0 Å². The maximum Gasteiger partial charge on any atom is 0.343 e. The van der Waals surface area contributed by atoms with Crippen LogP contribution in [0.25, 0.3) is 0 Å². The molecule has 0 aliphatic carbocycles. The van der Waals surface area contributed by atoms with Crippen molar-refractivity contribution in [1.82, 2.24) is 0 Å². The summed E-state index contributed by atoms with van der Waals surface area (Å²) < 4.78 is 5.06. The molecule has 0 unspecified atom stereocenters. The second-order valence-electron chi connectivity index (χ2n) is 3.38. The molecule has 0 atom stereocenters. The van der Waals surface area contributed by atoms with E-state index in [1.165, 1.54) is 0 Å². The van der Waals surface area contributed by atoms with Crippen LogP contribution in [0.1, 0.15) is 24.2 Å². The number of carbonyl (C=O) groups excluding carboxylic acids is 1. The molecule has 74 valence electrons. The van der Waals surface area contributed by atoms with E-state index in [9.17, 15) is 4.79 Å². The zero-order valence-corrected chi connectivity index (χ0v) is 8.49. The fraction of sp³-hybridized carbons (Fsp3) is 0.250. The maximum absolute atomic E-state index is 11.5. The van der Waals surface area contributed by atoms with E-state index in [1.807, 2.05) is 19.9 Å². The third kappa shape index (κ3) is 2.73. The summed E-state index contributed by atoms with van der Waals surface area (Å²) in [6, 6.07) is 8.89. The summed E-state index contributed by atoms with van der Waals surface area (Å²) >= 11 is 0. The summed E-state index contributed by atoms with van der Waals surface area (Å²) in [4.78, 5) is 11.5. The highest BCUT2D eigenvalue weighted by Gasteiger charge is 2.10. The van der Waals surface area contributed by atoms with Gasteiger partial charge in [0.2, 0.25) is 0 Å². The van der Waals surface area contributed by atoms with Crippen molar-refractivity contribution in [1.29, 1.82) is 0 Å². The fourth-order valence-electron chi connectivity index (χ4n) is 0.870. The lowest BCUT2D eigenvalue weighted by Crippen LogP contribution is -2.07. The Kier molecular flexibility index (Phi) is 3.46. The van der Waals surface area contributed by atoms with Crippen LogP contribution >= 0.6 is 0 Å². The molecule has 0 aromatic heterocycles. The summed E-state index contributed by atoms with van der Waals surface area (Å²) in [6.07, 6.45) is 0. The van der Waals surface area contributed by atoms with Crippen LogP contribution in [0.5, 0.6) is 0 Å². The van der Waals surface area contributed by atoms with Crippen molar-refractivity contribution in [3.05, 3.63) is 48.2 Å². The van der Waals surface area contributed by atoms with Crippen molar-refractivity contribution in [2.45, 2.75) is 13.8 Å². The SMILES string of the molecule is C=C(OC(=O)c1ccccc1)C(C)C. The zero-order chi connectivity index (χ0) is 10.6. The Labute approximate surface area is 84.2 Å². The first-order valence-corrected chi connectivity index (χ1v) is 4.57. The number of hydrogen-bond donors (Lipinski definition) is 0. The van der Waals surface area contributed by atoms with Crippen molar-refractivity contribution < 1.29 is 9.53 Å². The molecule has 1 aromatic rings. The van der Waals surface area contributed by atoms with Crippen LogP contribution in [0, 0.1) is 5.92 Å². The van der Waals surface area contributed by atoms with Crippen LogP contribution in [0.15, 0.2) is 42.7 Å². The van der Waals surface area contributed by atoms with Gasteiger partial charge in [-0.25, -0.2) is 4.79 Å². The standard InChI is InChI=1S/C12H14O2/c1-9(2)10(3)14-12(13)11-7-5-4-6-8-11/h4-9H,3H2,1-2H3. The Morgan fingerprint density at radius 3 is 2.36 bits per heavy atom. The minimum atomic E-state index is -0.343. The molecule has 0 aliphatic heterocycles. The van der Waals surface area contributed by atoms with E-state index in [1.54, 1.807) is 24.3 Å². The van der Waals surface area contributed by atoms with Crippen molar-refractivity contribution in [3.63, 3.8) is 0 Å². The molecule has 14 heavy (non-hydrogen) atoms. The smallest absolute Gasteiger partial charge is 0.343 e. The highest BCUT2D eigenvalue weighted by atomic mass is 16.5. The van der Waals surface area contributed by atoms with Gasteiger partial charge >= 0.3 is 5.97 Å². The highest BCUT2D eigenvalue weighted by molar-refractivity contribution is 5.89. The third-order valence-electron chi connectivity index (χ3n) is 1.88. The summed E-state index contributed by atoms with van der Waals surface area (Å²) in [5.41, 5.74) is 0.550. The molecule has 0 amide bonds. The topological polar surface area (TPSA) is 26.3 Å². The largest absolute Gasteiger partial charge is 0.428 e. The van der Waals surface area contributed by atoms with E-state index in [0.717, 1.165) is 0 Å². The number of ether oxygens (including phenoxy) is 1. The summed E-state index contributed by atoms with van der Waals surface area (Å²) in [5.74, 6) is 0.311. The molecule has 0 radical (unpaired) electrons. The summed E-state index contributed by atoms with van der Waals surface area (Å²) in [5, 5.41) is 0. The Balaban J connectivity index is 2.65. The van der Waals surface area contributed by atoms with E-state index < -0.39 is 0 Å². The number of benzene rings is 1. The third-order valence-corrected chi connectivity index (χ3v) is 1.88. The molecule has 0 N–H and O–H groups in total. The molecule has 0 aliphatic rings. The number of allylic oxidation sites excluding steroid dienone is 1. The Morgan fingerprint density at radius 1 is 1.29 bits per heavy atom. The van der Waals surface area contributed by atoms with Crippen molar-refractivity contribution in [2.24, 2.45) is 5.92 Å². The van der Waals surface area contributed by atoms with Gasteiger partial charge in [0.1, 0.15) is 5.76 Å². The van der Waals surface area contributed by atoms with Gasteiger partial charge in [-0.15, -0.1) is 0 Å². The van der Waals surface area contributed by atoms with Gasteiger partial charge in [0, 0.05) is 5.92 Å². The fourth-order valence-corrected chi connectivity index (χ4v) is 0.870. The maximum atomic E-state index is 11.5. The lowest BCUT2D eigenvalue weighted by Gasteiger charge is -2.09. The molecule has 2 nitrogen and oxygen atoms in total. The molecule has 1 rings (SSSR count). The first kappa shape index (κ1) is 10.5. The van der Waals surface area contributed by atoms with E-state index in [2.05, 4.69) is 6.58 Å². The van der Waals surface area contributed by atoms with Gasteiger partial charge in [0.05, 0.1) is 5.56 Å². The van der Waals surface area contributed by atoms with Crippen molar-refractivity contribution >= 4 is 5.97 Å². The first-order valence-electron chi connectivity index (χ1n) is 4.57. The molecular formula is C12H14O2. The average molecular weight is 190 g/mol. The van der Waals surface area contributed by atoms with E-state index >= 15 is 0 Å². The normalized spacial score (nSPS) is 9.93. The second-order valence-corrected chi connectivity index (χ2v) is 3.38. The Bertz CT molecular complexity index is 325. The Hall–Kier alpha value is -1.57. The molecule has 1 aromatic carbocycles. The predicted octanol–water partition coefficient (Wildman–Crippen LogP) is 3.01. The van der Waals surface area contributed by atoms with Gasteiger partial charge in [-0.1, -0.05) is 38.6 Å². The van der Waals surface area contributed by atoms with Crippen LogP contribution in [0.3, 0.4) is 0 Å². The minimum absolute atomic E-state index is 0.155. The molecule has 2 heteroatoms. The number of carbonyl (C=O) groups is 1. The summed E-state index contributed by atoms with van der Waals surface area (Å²) in [7, 11) is 0. The van der Waals surface area contributed by atoms with Crippen LogP contribution in [-0.4, -0.2) is 5.97 Å². The second kappa shape index (κ2) is 4.61. The molecule has 0 saturated heterocycles. The quantitative estimate of drug-likeness (QED) is 0.541. The lowest BCUT2D eigenvalue weighted by molar-refractivity contribution is 0.0598. The molecule has 0 bridgehead atoms. The zero-order valence-electron chi connectivity index (χ0n) is 8.49. The van der Waals surface area contributed by atoms with E-state index in [4.69, 9.17) is 4.74 Å². The first-order chi connectivity index (χ1) is 6.61. The van der Waals surface area contributed by atoms with Gasteiger partial charge < -0.3 is 4.74 Å². The van der Waals surface area contributed by atoms with Crippen molar-refractivity contribution in [2.75, 3.05) is 0 Å².